The molecule has 100 valence electrons. The van der Waals surface area contributed by atoms with Crippen molar-refractivity contribution in [1.29, 1.82) is 0 Å². The van der Waals surface area contributed by atoms with Crippen molar-refractivity contribution in [1.82, 2.24) is 0 Å². The molecule has 0 aliphatic rings. The Morgan fingerprint density at radius 3 is 2.47 bits per heavy atom. The lowest BCUT2D eigenvalue weighted by Gasteiger charge is -2.14. The zero-order valence-electron chi connectivity index (χ0n) is 11.1. The number of halogens is 1. The first kappa shape index (κ1) is 13.6. The average molecular weight is 260 g/mol. The third-order valence-electron chi connectivity index (χ3n) is 3.19. The van der Waals surface area contributed by atoms with E-state index in [4.69, 9.17) is 4.74 Å². The molecule has 1 N–H and O–H groups in total. The van der Waals surface area contributed by atoms with E-state index in [1.807, 2.05) is 31.2 Å². The van der Waals surface area contributed by atoms with Crippen LogP contribution in [0, 0.1) is 12.7 Å². The molecule has 0 saturated carbocycles. The molecule has 0 fully saturated rings. The van der Waals surface area contributed by atoms with Gasteiger partial charge in [0.25, 0.3) is 0 Å². The minimum absolute atomic E-state index is 0.325. The van der Waals surface area contributed by atoms with Crippen LogP contribution in [0.25, 0.3) is 0 Å². The average Bonchev–Trinajstić information content (AvgIpc) is 2.42. The third-order valence-corrected chi connectivity index (χ3v) is 3.19. The Bertz CT molecular complexity index is 549. The van der Waals surface area contributed by atoms with Gasteiger partial charge in [-0.1, -0.05) is 18.2 Å². The van der Waals surface area contributed by atoms with Gasteiger partial charge >= 0.3 is 0 Å². The first-order valence-corrected chi connectivity index (χ1v) is 6.17. The van der Waals surface area contributed by atoms with Crippen LogP contribution in [0.1, 0.15) is 22.8 Å². The van der Waals surface area contributed by atoms with Crippen molar-refractivity contribution in [3.8, 4) is 5.75 Å². The quantitative estimate of drug-likeness (QED) is 0.912. The van der Waals surface area contributed by atoms with Gasteiger partial charge in [-0.3, -0.25) is 0 Å². The van der Waals surface area contributed by atoms with Crippen molar-refractivity contribution >= 4 is 0 Å². The molecule has 0 spiro atoms. The maximum absolute atomic E-state index is 13.2. The molecule has 0 aliphatic heterocycles. The number of methoxy groups -OCH3 is 1. The second kappa shape index (κ2) is 5.85. The van der Waals surface area contributed by atoms with Gasteiger partial charge in [0.1, 0.15) is 11.6 Å². The summed E-state index contributed by atoms with van der Waals surface area (Å²) in [5, 5.41) is 10.2. The lowest BCUT2D eigenvalue weighted by Crippen LogP contribution is -2.04. The van der Waals surface area contributed by atoms with Crippen molar-refractivity contribution in [2.45, 2.75) is 19.4 Å². The highest BCUT2D eigenvalue weighted by Gasteiger charge is 2.12. The van der Waals surface area contributed by atoms with Crippen LogP contribution < -0.4 is 4.74 Å². The summed E-state index contributed by atoms with van der Waals surface area (Å²) in [5.74, 6) is 0.453. The fourth-order valence-corrected chi connectivity index (χ4v) is 2.07. The van der Waals surface area contributed by atoms with E-state index in [0.29, 0.717) is 12.0 Å². The zero-order valence-corrected chi connectivity index (χ0v) is 11.1. The standard InChI is InChI=1S/C16H17FO2/c1-11-3-6-13(17)10-15(11)16(18)9-12-4-7-14(19-2)8-5-12/h3-8,10,16,18H,9H2,1-2H3. The van der Waals surface area contributed by atoms with Crippen LogP contribution in [0.4, 0.5) is 4.39 Å². The van der Waals surface area contributed by atoms with Gasteiger partial charge in [-0.05, 0) is 47.9 Å². The molecule has 2 aromatic rings. The summed E-state index contributed by atoms with van der Waals surface area (Å²) in [7, 11) is 1.61. The molecule has 2 rings (SSSR count). The second-order valence-electron chi connectivity index (χ2n) is 4.57. The van der Waals surface area contributed by atoms with Gasteiger partial charge in [0.15, 0.2) is 0 Å². The topological polar surface area (TPSA) is 29.5 Å². The van der Waals surface area contributed by atoms with E-state index in [-0.39, 0.29) is 5.82 Å². The SMILES string of the molecule is COc1ccc(CC(O)c2cc(F)ccc2C)cc1. The van der Waals surface area contributed by atoms with Gasteiger partial charge in [-0.2, -0.15) is 0 Å². The van der Waals surface area contributed by atoms with Gasteiger partial charge in [-0.15, -0.1) is 0 Å². The Morgan fingerprint density at radius 2 is 1.84 bits per heavy atom. The maximum Gasteiger partial charge on any atom is 0.123 e. The first-order valence-electron chi connectivity index (χ1n) is 6.17. The first-order chi connectivity index (χ1) is 9.10. The number of aliphatic hydroxyl groups is 1. The Labute approximate surface area is 112 Å². The molecule has 0 heterocycles. The molecule has 3 heteroatoms. The van der Waals surface area contributed by atoms with E-state index >= 15 is 0 Å². The Hall–Kier alpha value is -1.87. The van der Waals surface area contributed by atoms with Crippen LogP contribution in [0.3, 0.4) is 0 Å². The summed E-state index contributed by atoms with van der Waals surface area (Å²) in [6.07, 6.45) is -0.252. The molecule has 1 atom stereocenters. The molecule has 0 radical (unpaired) electrons. The third kappa shape index (κ3) is 3.32. The highest BCUT2D eigenvalue weighted by molar-refractivity contribution is 5.32. The summed E-state index contributed by atoms with van der Waals surface area (Å²) in [6, 6.07) is 12.0. The van der Waals surface area contributed by atoms with Crippen molar-refractivity contribution in [3.05, 3.63) is 65.0 Å². The summed E-state index contributed by atoms with van der Waals surface area (Å²) in [4.78, 5) is 0. The van der Waals surface area contributed by atoms with E-state index in [9.17, 15) is 9.50 Å². The predicted octanol–water partition coefficient (Wildman–Crippen LogP) is 3.42. The van der Waals surface area contributed by atoms with Crippen molar-refractivity contribution < 1.29 is 14.2 Å². The number of benzene rings is 2. The van der Waals surface area contributed by atoms with E-state index < -0.39 is 6.10 Å². The fourth-order valence-electron chi connectivity index (χ4n) is 2.07. The van der Waals surface area contributed by atoms with E-state index in [1.165, 1.54) is 12.1 Å². The van der Waals surface area contributed by atoms with Crippen molar-refractivity contribution in [3.63, 3.8) is 0 Å². The number of rotatable bonds is 4. The molecule has 0 amide bonds. The number of aryl methyl sites for hydroxylation is 1. The van der Waals surface area contributed by atoms with Gasteiger partial charge in [0.2, 0.25) is 0 Å². The number of hydrogen-bond donors (Lipinski definition) is 1. The maximum atomic E-state index is 13.2. The molecule has 0 aliphatic carbocycles. The van der Waals surface area contributed by atoms with E-state index in [0.717, 1.165) is 16.9 Å². The molecular formula is C16H17FO2. The van der Waals surface area contributed by atoms with Gasteiger partial charge in [-0.25, -0.2) is 4.39 Å². The molecule has 1 unspecified atom stereocenters. The zero-order chi connectivity index (χ0) is 13.8. The van der Waals surface area contributed by atoms with Crippen molar-refractivity contribution in [2.24, 2.45) is 0 Å². The molecular weight excluding hydrogens is 243 g/mol. The largest absolute Gasteiger partial charge is 0.497 e. The molecule has 0 bridgehead atoms. The highest BCUT2D eigenvalue weighted by Crippen LogP contribution is 2.23. The van der Waals surface area contributed by atoms with Crippen LogP contribution in [0.15, 0.2) is 42.5 Å². The van der Waals surface area contributed by atoms with E-state index in [2.05, 4.69) is 0 Å². The van der Waals surface area contributed by atoms with Crippen LogP contribution in [0.2, 0.25) is 0 Å². The number of ether oxygens (including phenoxy) is 1. The number of aliphatic hydroxyl groups excluding tert-OH is 1. The monoisotopic (exact) mass is 260 g/mol. The predicted molar refractivity (Wildman–Crippen MR) is 72.8 cm³/mol. The Kier molecular flexibility index (Phi) is 4.17. The van der Waals surface area contributed by atoms with Crippen LogP contribution in [-0.2, 0) is 6.42 Å². The minimum Gasteiger partial charge on any atom is -0.497 e. The smallest absolute Gasteiger partial charge is 0.123 e. The van der Waals surface area contributed by atoms with Crippen LogP contribution in [-0.4, -0.2) is 12.2 Å². The summed E-state index contributed by atoms with van der Waals surface area (Å²) < 4.78 is 18.3. The molecule has 2 aromatic carbocycles. The number of hydrogen-bond acceptors (Lipinski definition) is 2. The van der Waals surface area contributed by atoms with E-state index in [1.54, 1.807) is 13.2 Å². The van der Waals surface area contributed by atoms with Gasteiger partial charge in [0, 0.05) is 6.42 Å². The molecule has 0 saturated heterocycles. The van der Waals surface area contributed by atoms with Gasteiger partial charge < -0.3 is 9.84 Å². The summed E-state index contributed by atoms with van der Waals surface area (Å²) in [5.41, 5.74) is 2.51. The lowest BCUT2D eigenvalue weighted by atomic mass is 9.97. The Morgan fingerprint density at radius 1 is 1.16 bits per heavy atom. The van der Waals surface area contributed by atoms with Crippen LogP contribution in [0.5, 0.6) is 5.75 Å². The lowest BCUT2D eigenvalue weighted by molar-refractivity contribution is 0.177. The summed E-state index contributed by atoms with van der Waals surface area (Å²) >= 11 is 0. The highest BCUT2D eigenvalue weighted by atomic mass is 19.1. The molecule has 2 nitrogen and oxygen atoms in total. The fraction of sp³-hybridized carbons (Fsp3) is 0.250. The Balaban J connectivity index is 2.15. The second-order valence-corrected chi connectivity index (χ2v) is 4.57. The minimum atomic E-state index is -0.705. The molecule has 0 aromatic heterocycles. The van der Waals surface area contributed by atoms with Gasteiger partial charge in [0.05, 0.1) is 13.2 Å². The van der Waals surface area contributed by atoms with Crippen molar-refractivity contribution in [2.75, 3.05) is 7.11 Å². The molecule has 19 heavy (non-hydrogen) atoms. The summed E-state index contributed by atoms with van der Waals surface area (Å²) in [6.45, 7) is 1.87. The van der Waals surface area contributed by atoms with Crippen LogP contribution >= 0.6 is 0 Å². The normalized spacial score (nSPS) is 12.2.